The molecule has 0 saturated carbocycles. The summed E-state index contributed by atoms with van der Waals surface area (Å²) < 4.78 is 18.3. The molecule has 20 heavy (non-hydrogen) atoms. The first-order valence-corrected chi connectivity index (χ1v) is 5.98. The van der Waals surface area contributed by atoms with Gasteiger partial charge in [-0.2, -0.15) is 0 Å². The Morgan fingerprint density at radius 1 is 1.35 bits per heavy atom. The summed E-state index contributed by atoms with van der Waals surface area (Å²) in [6.45, 7) is 1.77. The summed E-state index contributed by atoms with van der Waals surface area (Å²) in [5, 5.41) is 0. The van der Waals surface area contributed by atoms with E-state index in [2.05, 4.69) is 10.9 Å². The summed E-state index contributed by atoms with van der Waals surface area (Å²) in [4.78, 5) is 23.8. The van der Waals surface area contributed by atoms with Crippen molar-refractivity contribution >= 4 is 11.8 Å². The predicted octanol–water partition coefficient (Wildman–Crippen LogP) is 0.433. The van der Waals surface area contributed by atoms with Crippen LogP contribution in [0.25, 0.3) is 0 Å². The number of amides is 2. The van der Waals surface area contributed by atoms with E-state index in [1.54, 1.807) is 18.0 Å². The van der Waals surface area contributed by atoms with Gasteiger partial charge in [-0.05, 0) is 24.7 Å². The number of nitrogens with one attached hydrogen (secondary N) is 2. The lowest BCUT2D eigenvalue weighted by molar-refractivity contribution is -0.128. The van der Waals surface area contributed by atoms with Gasteiger partial charge in [-0.25, -0.2) is 4.39 Å². The molecule has 110 valence electrons. The van der Waals surface area contributed by atoms with Gasteiger partial charge in [0.05, 0.1) is 13.7 Å². The Bertz CT molecular complexity index is 494. The van der Waals surface area contributed by atoms with E-state index < -0.39 is 5.82 Å². The lowest BCUT2D eigenvalue weighted by atomic mass is 10.2. The van der Waals surface area contributed by atoms with E-state index in [0.29, 0.717) is 6.54 Å². The summed E-state index contributed by atoms with van der Waals surface area (Å²) in [6, 6.07) is 4.63. The molecule has 0 aliphatic carbocycles. The monoisotopic (exact) mass is 283 g/mol. The van der Waals surface area contributed by atoms with Gasteiger partial charge in [0, 0.05) is 13.5 Å². The second-order valence-corrected chi connectivity index (χ2v) is 4.37. The van der Waals surface area contributed by atoms with Gasteiger partial charge in [-0.1, -0.05) is 6.07 Å². The minimum Gasteiger partial charge on any atom is -0.494 e. The number of hydrogen-bond donors (Lipinski definition) is 2. The third-order valence-corrected chi connectivity index (χ3v) is 2.46. The first-order valence-electron chi connectivity index (χ1n) is 5.98. The van der Waals surface area contributed by atoms with Gasteiger partial charge < -0.3 is 4.74 Å². The van der Waals surface area contributed by atoms with Crippen molar-refractivity contribution in [3.05, 3.63) is 29.6 Å². The third-order valence-electron chi connectivity index (χ3n) is 2.46. The number of benzene rings is 1. The highest BCUT2D eigenvalue weighted by atomic mass is 19.1. The minimum absolute atomic E-state index is 0.0773. The number of rotatable bonds is 5. The van der Waals surface area contributed by atoms with Crippen molar-refractivity contribution in [2.24, 2.45) is 0 Å². The summed E-state index contributed by atoms with van der Waals surface area (Å²) in [7, 11) is 3.12. The normalized spacial score (nSPS) is 10.2. The van der Waals surface area contributed by atoms with E-state index in [1.807, 2.05) is 0 Å². The minimum atomic E-state index is -0.443. The lowest BCUT2D eigenvalue weighted by Gasteiger charge is -2.16. The van der Waals surface area contributed by atoms with Crippen LogP contribution in [0.1, 0.15) is 12.5 Å². The molecule has 2 N–H and O–H groups in total. The molecule has 0 radical (unpaired) electrons. The van der Waals surface area contributed by atoms with Crippen molar-refractivity contribution in [2.45, 2.75) is 13.5 Å². The van der Waals surface area contributed by atoms with Crippen LogP contribution in [0.2, 0.25) is 0 Å². The van der Waals surface area contributed by atoms with Gasteiger partial charge in [0.2, 0.25) is 5.91 Å². The molecule has 2 amide bonds. The quantitative estimate of drug-likeness (QED) is 0.769. The highest BCUT2D eigenvalue weighted by Crippen LogP contribution is 2.18. The number of carbonyl (C=O) groups excluding carboxylic acids is 2. The average molecular weight is 283 g/mol. The first-order chi connectivity index (χ1) is 9.42. The van der Waals surface area contributed by atoms with Gasteiger partial charge in [0.1, 0.15) is 0 Å². The number of nitrogens with zero attached hydrogens (tertiary/aromatic N) is 1. The summed E-state index contributed by atoms with van der Waals surface area (Å²) in [5.74, 6) is -0.962. The highest BCUT2D eigenvalue weighted by molar-refractivity contribution is 5.81. The fourth-order valence-corrected chi connectivity index (χ4v) is 1.62. The molecule has 0 unspecified atom stereocenters. The molecule has 0 bridgehead atoms. The number of hydrazine groups is 1. The molecule has 0 spiro atoms. The second-order valence-electron chi connectivity index (χ2n) is 4.37. The molecule has 0 heterocycles. The molecule has 1 rings (SSSR count). The van der Waals surface area contributed by atoms with E-state index in [4.69, 9.17) is 4.74 Å². The Labute approximate surface area is 116 Å². The summed E-state index contributed by atoms with van der Waals surface area (Å²) in [6.07, 6.45) is 0. The molecule has 6 nitrogen and oxygen atoms in total. The average Bonchev–Trinajstić information content (AvgIpc) is 2.36. The number of carbonyl (C=O) groups is 2. The van der Waals surface area contributed by atoms with Crippen molar-refractivity contribution in [3.63, 3.8) is 0 Å². The second kappa shape index (κ2) is 7.44. The van der Waals surface area contributed by atoms with Crippen LogP contribution in [-0.4, -0.2) is 37.4 Å². The van der Waals surface area contributed by atoms with Crippen LogP contribution in [-0.2, 0) is 16.1 Å². The van der Waals surface area contributed by atoms with E-state index >= 15 is 0 Å². The maximum absolute atomic E-state index is 13.5. The zero-order valence-corrected chi connectivity index (χ0v) is 11.7. The van der Waals surface area contributed by atoms with Gasteiger partial charge in [0.25, 0.3) is 5.91 Å². The van der Waals surface area contributed by atoms with Gasteiger partial charge in [0.15, 0.2) is 11.6 Å². The number of likely N-dealkylation sites (N-methyl/N-ethyl adjacent to an activating group) is 1. The molecule has 1 aromatic rings. The molecule has 0 saturated heterocycles. The maximum Gasteiger partial charge on any atom is 0.252 e. The number of ether oxygens (including phenoxy) is 1. The first kappa shape index (κ1) is 15.9. The maximum atomic E-state index is 13.5. The molecule has 0 fully saturated rings. The van der Waals surface area contributed by atoms with Crippen LogP contribution in [0.5, 0.6) is 5.75 Å². The van der Waals surface area contributed by atoms with E-state index in [0.717, 1.165) is 5.56 Å². The summed E-state index contributed by atoms with van der Waals surface area (Å²) in [5.41, 5.74) is 5.17. The van der Waals surface area contributed by atoms with Crippen molar-refractivity contribution in [2.75, 3.05) is 20.7 Å². The van der Waals surface area contributed by atoms with Crippen LogP contribution in [0, 0.1) is 5.82 Å². The van der Waals surface area contributed by atoms with Crippen LogP contribution >= 0.6 is 0 Å². The van der Waals surface area contributed by atoms with Gasteiger partial charge in [-0.3, -0.25) is 25.3 Å². The Balaban J connectivity index is 2.49. The zero-order chi connectivity index (χ0) is 15.1. The van der Waals surface area contributed by atoms with Crippen molar-refractivity contribution in [3.8, 4) is 5.75 Å². The number of methoxy groups -OCH3 is 1. The topological polar surface area (TPSA) is 70.7 Å². The molecule has 1 aromatic carbocycles. The van der Waals surface area contributed by atoms with E-state index in [-0.39, 0.29) is 24.1 Å². The van der Waals surface area contributed by atoms with Gasteiger partial charge in [-0.15, -0.1) is 0 Å². The highest BCUT2D eigenvalue weighted by Gasteiger charge is 2.09. The number of halogens is 1. The molecule has 0 aromatic heterocycles. The SMILES string of the molecule is COc1ccc(CN(C)CC(=O)NNC(C)=O)cc1F. The largest absolute Gasteiger partial charge is 0.494 e. The fraction of sp³-hybridized carbons (Fsp3) is 0.385. The molecular weight excluding hydrogens is 265 g/mol. The van der Waals surface area contributed by atoms with Crippen molar-refractivity contribution in [1.82, 2.24) is 15.8 Å². The standard InChI is InChI=1S/C13H18FN3O3/c1-9(18)15-16-13(19)8-17(2)7-10-4-5-12(20-3)11(14)6-10/h4-6H,7-8H2,1-3H3,(H,15,18)(H,16,19). The Hall–Kier alpha value is -2.15. The summed E-state index contributed by atoms with van der Waals surface area (Å²) >= 11 is 0. The fourth-order valence-electron chi connectivity index (χ4n) is 1.62. The molecule has 0 aliphatic heterocycles. The van der Waals surface area contributed by atoms with Gasteiger partial charge >= 0.3 is 0 Å². The van der Waals surface area contributed by atoms with E-state index in [1.165, 1.54) is 26.2 Å². The lowest BCUT2D eigenvalue weighted by Crippen LogP contribution is -2.44. The zero-order valence-electron chi connectivity index (χ0n) is 11.7. The van der Waals surface area contributed by atoms with Crippen molar-refractivity contribution < 1.29 is 18.7 Å². The Morgan fingerprint density at radius 3 is 2.60 bits per heavy atom. The Kier molecular flexibility index (Phi) is 5.92. The van der Waals surface area contributed by atoms with Crippen LogP contribution < -0.4 is 15.6 Å². The number of hydrogen-bond acceptors (Lipinski definition) is 4. The molecule has 0 atom stereocenters. The smallest absolute Gasteiger partial charge is 0.252 e. The van der Waals surface area contributed by atoms with Crippen LogP contribution in [0.3, 0.4) is 0 Å². The molecular formula is C13H18FN3O3. The Morgan fingerprint density at radius 2 is 2.05 bits per heavy atom. The molecule has 0 aliphatic rings. The van der Waals surface area contributed by atoms with Crippen LogP contribution in [0.15, 0.2) is 18.2 Å². The molecule has 7 heteroatoms. The van der Waals surface area contributed by atoms with Crippen LogP contribution in [0.4, 0.5) is 4.39 Å². The van der Waals surface area contributed by atoms with Crippen molar-refractivity contribution in [1.29, 1.82) is 0 Å². The van der Waals surface area contributed by atoms with E-state index in [9.17, 15) is 14.0 Å². The third kappa shape index (κ3) is 5.23. The predicted molar refractivity (Wildman–Crippen MR) is 71.2 cm³/mol.